The molecular formula is C11H16N4O2. The molecule has 1 heterocycles. The Bertz CT molecular complexity index is 443. The predicted octanol–water partition coefficient (Wildman–Crippen LogP) is 0.471. The van der Waals surface area contributed by atoms with E-state index in [1.807, 2.05) is 6.92 Å². The summed E-state index contributed by atoms with van der Waals surface area (Å²) in [5, 5.41) is 2.69. The van der Waals surface area contributed by atoms with E-state index in [1.54, 1.807) is 6.07 Å². The second-order valence-electron chi connectivity index (χ2n) is 4.31. The van der Waals surface area contributed by atoms with Crippen LogP contribution in [0, 0.1) is 12.3 Å². The van der Waals surface area contributed by atoms with Gasteiger partial charge in [-0.25, -0.2) is 4.98 Å². The van der Waals surface area contributed by atoms with Gasteiger partial charge in [0.1, 0.15) is 0 Å². The van der Waals surface area contributed by atoms with Crippen LogP contribution in [-0.4, -0.2) is 29.5 Å². The number of nitrogens with two attached hydrogens (primary N) is 1. The minimum absolute atomic E-state index is 0.104. The van der Waals surface area contributed by atoms with Crippen LogP contribution in [0.5, 0.6) is 5.88 Å². The Kier molecular flexibility index (Phi) is 2.97. The fraction of sp³-hybridized carbons (Fsp3) is 0.545. The lowest BCUT2D eigenvalue weighted by atomic mass is 10.1. The zero-order chi connectivity index (χ0) is 12.5. The number of carbonyl (C=O) groups excluding carboxylic acids is 1. The van der Waals surface area contributed by atoms with Gasteiger partial charge in [0.25, 0.3) is 0 Å². The minimum Gasteiger partial charge on any atom is -0.481 e. The number of aromatic nitrogens is 2. The molecule has 0 bridgehead atoms. The van der Waals surface area contributed by atoms with E-state index in [2.05, 4.69) is 15.3 Å². The number of hydrogen-bond donors (Lipinski definition) is 2. The molecule has 2 rings (SSSR count). The summed E-state index contributed by atoms with van der Waals surface area (Å²) in [6, 6.07) is 1.70. The summed E-state index contributed by atoms with van der Waals surface area (Å²) >= 11 is 0. The van der Waals surface area contributed by atoms with Crippen LogP contribution in [0.25, 0.3) is 0 Å². The molecule has 1 aliphatic carbocycles. The fourth-order valence-corrected chi connectivity index (χ4v) is 1.61. The average molecular weight is 236 g/mol. The molecule has 92 valence electrons. The summed E-state index contributed by atoms with van der Waals surface area (Å²) in [5.74, 6) is 0.602. The topological polar surface area (TPSA) is 90.1 Å². The van der Waals surface area contributed by atoms with Crippen LogP contribution in [0.3, 0.4) is 0 Å². The van der Waals surface area contributed by atoms with Gasteiger partial charge in [0.2, 0.25) is 17.7 Å². The van der Waals surface area contributed by atoms with Crippen LogP contribution in [0.2, 0.25) is 0 Å². The zero-order valence-corrected chi connectivity index (χ0v) is 9.99. The summed E-state index contributed by atoms with van der Waals surface area (Å²) in [5.41, 5.74) is 5.92. The molecule has 6 heteroatoms. The van der Waals surface area contributed by atoms with Crippen molar-refractivity contribution in [3.05, 3.63) is 11.8 Å². The quantitative estimate of drug-likeness (QED) is 0.793. The first-order valence-electron chi connectivity index (χ1n) is 5.51. The Balaban J connectivity index is 2.13. The van der Waals surface area contributed by atoms with E-state index >= 15 is 0 Å². The smallest absolute Gasteiger partial charge is 0.234 e. The number of hydrogen-bond acceptors (Lipinski definition) is 5. The van der Waals surface area contributed by atoms with Gasteiger partial charge in [0.15, 0.2) is 0 Å². The molecule has 0 atom stereocenters. The first-order valence-corrected chi connectivity index (χ1v) is 5.51. The Labute approximate surface area is 99.6 Å². The molecule has 1 aromatic rings. The molecule has 0 spiro atoms. The maximum absolute atomic E-state index is 11.9. The number of amides is 1. The molecule has 6 nitrogen and oxygen atoms in total. The largest absolute Gasteiger partial charge is 0.481 e. The lowest BCUT2D eigenvalue weighted by Crippen LogP contribution is -2.31. The van der Waals surface area contributed by atoms with Gasteiger partial charge in [-0.05, 0) is 19.8 Å². The SMILES string of the molecule is COc1cc(C)nc(NC(=O)C2(CN)CC2)n1. The molecule has 1 aromatic heterocycles. The Morgan fingerprint density at radius 1 is 1.59 bits per heavy atom. The van der Waals surface area contributed by atoms with Crippen LogP contribution < -0.4 is 15.8 Å². The highest BCUT2D eigenvalue weighted by Gasteiger charge is 2.48. The highest BCUT2D eigenvalue weighted by molar-refractivity contribution is 5.96. The summed E-state index contributed by atoms with van der Waals surface area (Å²) in [7, 11) is 1.52. The average Bonchev–Trinajstić information content (AvgIpc) is 3.09. The molecule has 17 heavy (non-hydrogen) atoms. The maximum Gasteiger partial charge on any atom is 0.234 e. The summed E-state index contributed by atoms with van der Waals surface area (Å²) in [4.78, 5) is 20.1. The van der Waals surface area contributed by atoms with Crippen LogP contribution in [-0.2, 0) is 4.79 Å². The van der Waals surface area contributed by atoms with E-state index in [4.69, 9.17) is 10.5 Å². The number of ether oxygens (including phenoxy) is 1. The van der Waals surface area contributed by atoms with E-state index < -0.39 is 5.41 Å². The van der Waals surface area contributed by atoms with Gasteiger partial charge in [0, 0.05) is 18.3 Å². The number of nitrogens with zero attached hydrogens (tertiary/aromatic N) is 2. The van der Waals surface area contributed by atoms with Gasteiger partial charge in [-0.3, -0.25) is 10.1 Å². The van der Waals surface area contributed by atoms with Crippen molar-refractivity contribution in [1.29, 1.82) is 0 Å². The van der Waals surface area contributed by atoms with Crippen LogP contribution >= 0.6 is 0 Å². The Morgan fingerprint density at radius 2 is 2.29 bits per heavy atom. The van der Waals surface area contributed by atoms with E-state index in [-0.39, 0.29) is 11.9 Å². The normalized spacial score (nSPS) is 16.4. The highest BCUT2D eigenvalue weighted by Crippen LogP contribution is 2.45. The van der Waals surface area contributed by atoms with Gasteiger partial charge in [-0.1, -0.05) is 0 Å². The molecule has 0 radical (unpaired) electrons. The summed E-state index contributed by atoms with van der Waals surface area (Å²) in [6.07, 6.45) is 1.66. The Hall–Kier alpha value is -1.69. The number of anilines is 1. The van der Waals surface area contributed by atoms with Crippen molar-refractivity contribution in [3.63, 3.8) is 0 Å². The fourth-order valence-electron chi connectivity index (χ4n) is 1.61. The van der Waals surface area contributed by atoms with E-state index in [0.717, 1.165) is 18.5 Å². The van der Waals surface area contributed by atoms with Gasteiger partial charge < -0.3 is 10.5 Å². The standard InChI is InChI=1S/C11H16N4O2/c1-7-5-8(17-2)14-10(13-7)15-9(16)11(6-12)3-4-11/h5H,3-4,6,12H2,1-2H3,(H,13,14,15,16). The zero-order valence-electron chi connectivity index (χ0n) is 9.99. The van der Waals surface area contributed by atoms with Crippen molar-refractivity contribution in [1.82, 2.24) is 9.97 Å². The van der Waals surface area contributed by atoms with Crippen LogP contribution in [0.4, 0.5) is 5.95 Å². The van der Waals surface area contributed by atoms with E-state index in [9.17, 15) is 4.79 Å². The number of carbonyl (C=O) groups is 1. The summed E-state index contributed by atoms with van der Waals surface area (Å²) in [6.45, 7) is 2.18. The van der Waals surface area contributed by atoms with Crippen LogP contribution in [0.1, 0.15) is 18.5 Å². The van der Waals surface area contributed by atoms with Gasteiger partial charge in [-0.2, -0.15) is 4.98 Å². The first kappa shape index (κ1) is 11.8. The number of nitrogens with one attached hydrogen (secondary N) is 1. The third-order valence-corrected chi connectivity index (χ3v) is 2.99. The first-order chi connectivity index (χ1) is 8.09. The molecular weight excluding hydrogens is 220 g/mol. The third kappa shape index (κ3) is 2.36. The van der Waals surface area contributed by atoms with Crippen molar-refractivity contribution in [3.8, 4) is 5.88 Å². The van der Waals surface area contributed by atoms with Crippen molar-refractivity contribution >= 4 is 11.9 Å². The molecule has 1 aliphatic rings. The molecule has 0 aliphatic heterocycles. The second kappa shape index (κ2) is 4.29. The molecule has 0 saturated heterocycles. The van der Waals surface area contributed by atoms with Crippen LogP contribution in [0.15, 0.2) is 6.07 Å². The maximum atomic E-state index is 11.9. The predicted molar refractivity (Wildman–Crippen MR) is 62.7 cm³/mol. The molecule has 1 saturated carbocycles. The van der Waals surface area contributed by atoms with Crippen molar-refractivity contribution < 1.29 is 9.53 Å². The number of rotatable bonds is 4. The number of methoxy groups -OCH3 is 1. The third-order valence-electron chi connectivity index (χ3n) is 2.99. The lowest BCUT2D eigenvalue weighted by molar-refractivity contribution is -0.120. The van der Waals surface area contributed by atoms with E-state index in [1.165, 1.54) is 7.11 Å². The molecule has 1 fully saturated rings. The monoisotopic (exact) mass is 236 g/mol. The molecule has 3 N–H and O–H groups in total. The van der Waals surface area contributed by atoms with Crippen molar-refractivity contribution in [2.75, 3.05) is 19.0 Å². The molecule has 1 amide bonds. The minimum atomic E-state index is -0.402. The number of aryl methyl sites for hydroxylation is 1. The van der Waals surface area contributed by atoms with Gasteiger partial charge in [-0.15, -0.1) is 0 Å². The van der Waals surface area contributed by atoms with Crippen molar-refractivity contribution in [2.24, 2.45) is 11.1 Å². The van der Waals surface area contributed by atoms with Gasteiger partial charge in [0.05, 0.1) is 12.5 Å². The van der Waals surface area contributed by atoms with Gasteiger partial charge >= 0.3 is 0 Å². The highest BCUT2D eigenvalue weighted by atomic mass is 16.5. The molecule has 0 aromatic carbocycles. The van der Waals surface area contributed by atoms with Crippen molar-refractivity contribution in [2.45, 2.75) is 19.8 Å². The summed E-state index contributed by atoms with van der Waals surface area (Å²) < 4.78 is 5.02. The van der Waals surface area contributed by atoms with E-state index in [0.29, 0.717) is 12.4 Å². The lowest BCUT2D eigenvalue weighted by Gasteiger charge is -2.12. The molecule has 0 unspecified atom stereocenters. The second-order valence-corrected chi connectivity index (χ2v) is 4.31. The Morgan fingerprint density at radius 3 is 2.82 bits per heavy atom.